The molecule has 12 atom stereocenters. The fraction of sp³-hybridized carbons (Fsp3) is 0.943. The Bertz CT molecular complexity index is 1300. The third-order valence-corrected chi connectivity index (χ3v) is 16.1. The van der Waals surface area contributed by atoms with Crippen LogP contribution < -0.4 is 9.66 Å². The van der Waals surface area contributed by atoms with Crippen LogP contribution in [0.25, 0.3) is 0 Å². The number of halogens is 3. The van der Waals surface area contributed by atoms with E-state index in [1.165, 1.54) is 0 Å². The average Bonchev–Trinajstić information content (AvgIpc) is 3.34. The highest BCUT2D eigenvalue weighted by atomic mass is 79.9. The molecule has 0 bridgehead atoms. The number of aliphatic hydroxyl groups is 2. The number of esters is 1. The van der Waals surface area contributed by atoms with Crippen LogP contribution in [0.3, 0.4) is 0 Å². The molecule has 0 aromatic heterocycles. The van der Waals surface area contributed by atoms with Crippen molar-refractivity contribution in [3.05, 3.63) is 0 Å². The van der Waals surface area contributed by atoms with Crippen molar-refractivity contribution in [3.63, 3.8) is 0 Å². The van der Waals surface area contributed by atoms with Gasteiger partial charge < -0.3 is 25.0 Å². The van der Waals surface area contributed by atoms with E-state index in [1.807, 2.05) is 0 Å². The fourth-order valence-electron chi connectivity index (χ4n) is 12.8. The Kier molecular flexibility index (Phi) is 8.67. The molecule has 6 aliphatic rings. The Morgan fingerprint density at radius 1 is 1.04 bits per heavy atom. The average molecular weight is 750 g/mol. The predicted molar refractivity (Wildman–Crippen MR) is 180 cm³/mol. The molecule has 0 aromatic carbocycles. The molecule has 0 unspecified atom stereocenters. The summed E-state index contributed by atoms with van der Waals surface area (Å²) in [6.07, 6.45) is 3.57. The van der Waals surface area contributed by atoms with Crippen molar-refractivity contribution in [1.82, 2.24) is 9.66 Å². The molecule has 8 nitrogen and oxygen atoms in total. The second-order valence-electron chi connectivity index (χ2n) is 18.0. The van der Waals surface area contributed by atoms with Gasteiger partial charge in [-0.2, -0.15) is 12.6 Å². The molecule has 0 aromatic rings. The molecule has 5 aliphatic carbocycles. The van der Waals surface area contributed by atoms with Crippen LogP contribution in [0.5, 0.6) is 0 Å². The molecule has 1 amide bonds. The van der Waals surface area contributed by atoms with Crippen molar-refractivity contribution in [3.8, 4) is 0 Å². The van der Waals surface area contributed by atoms with Gasteiger partial charge in [0.1, 0.15) is 18.7 Å². The monoisotopic (exact) mass is 748 g/mol. The molecule has 1 heterocycles. The number of aliphatic hydroxyl groups excluding tert-OH is 1. The first-order valence-electron chi connectivity index (χ1n) is 17.5. The first-order chi connectivity index (χ1) is 21.6. The van der Waals surface area contributed by atoms with Crippen LogP contribution in [0, 0.1) is 44.8 Å². The van der Waals surface area contributed by atoms with E-state index in [2.05, 4.69) is 59.2 Å². The van der Waals surface area contributed by atoms with E-state index < -0.39 is 58.6 Å². The Balaban J connectivity index is 1.33. The summed E-state index contributed by atoms with van der Waals surface area (Å²) >= 11 is 7.22. The smallest absolute Gasteiger partial charge is 0.325 e. The van der Waals surface area contributed by atoms with E-state index in [0.29, 0.717) is 25.7 Å². The second-order valence-corrected chi connectivity index (χ2v) is 18.8. The van der Waals surface area contributed by atoms with Gasteiger partial charge in [0.2, 0.25) is 5.91 Å². The maximum atomic E-state index is 15.8. The maximum Gasteiger partial charge on any atom is 0.325 e. The zero-order valence-corrected chi connectivity index (χ0v) is 31.4. The molecule has 2 spiro atoms. The number of rotatable bonds is 8. The molecular formula is C35H55BrF2N2O6S. The van der Waals surface area contributed by atoms with Gasteiger partial charge in [-0.15, -0.1) is 0 Å². The number of nitrogens with one attached hydrogen (secondary N) is 2. The third kappa shape index (κ3) is 4.97. The number of alkyl halides is 2. The summed E-state index contributed by atoms with van der Waals surface area (Å²) < 4.78 is 47.2. The zero-order chi connectivity index (χ0) is 34.8. The highest BCUT2D eigenvalue weighted by Gasteiger charge is 2.86. The van der Waals surface area contributed by atoms with Gasteiger partial charge in [-0.1, -0.05) is 27.7 Å². The number of amides is 1. The van der Waals surface area contributed by atoms with Crippen LogP contribution in [0.2, 0.25) is 0 Å². The van der Waals surface area contributed by atoms with Crippen LogP contribution in [0.15, 0.2) is 0 Å². The molecule has 5 saturated carbocycles. The van der Waals surface area contributed by atoms with Crippen LogP contribution in [-0.4, -0.2) is 75.9 Å². The van der Waals surface area contributed by atoms with Crippen LogP contribution in [-0.2, 0) is 19.1 Å². The van der Waals surface area contributed by atoms with Crippen molar-refractivity contribution < 1.29 is 38.1 Å². The minimum atomic E-state index is -2.91. The topological polar surface area (TPSA) is 117 Å². The minimum Gasteiger partial charge on any atom is -0.461 e. The Morgan fingerprint density at radius 3 is 2.30 bits per heavy atom. The molecule has 1 aliphatic heterocycles. The summed E-state index contributed by atoms with van der Waals surface area (Å²) in [5, 5.41) is 25.4. The second kappa shape index (κ2) is 11.2. The maximum absolute atomic E-state index is 15.8. The van der Waals surface area contributed by atoms with Crippen molar-refractivity contribution in [1.29, 1.82) is 0 Å². The number of hydrogen-bond donors (Lipinski definition) is 5. The lowest BCUT2D eigenvalue weighted by Crippen LogP contribution is -2.64. The summed E-state index contributed by atoms with van der Waals surface area (Å²) in [6.45, 7) is 13.1. The molecule has 47 heavy (non-hydrogen) atoms. The summed E-state index contributed by atoms with van der Waals surface area (Å²) in [5.74, 6) is -4.39. The van der Waals surface area contributed by atoms with Crippen LogP contribution in [0.1, 0.15) is 106 Å². The molecular weight excluding hydrogens is 694 g/mol. The zero-order valence-electron chi connectivity index (χ0n) is 28.9. The molecule has 268 valence electrons. The fourth-order valence-corrected chi connectivity index (χ4v) is 13.7. The van der Waals surface area contributed by atoms with Gasteiger partial charge in [0.25, 0.3) is 5.92 Å². The number of fused-ring (bicyclic) bond motifs is 2. The Labute approximate surface area is 292 Å². The van der Waals surface area contributed by atoms with E-state index in [9.17, 15) is 19.8 Å². The lowest BCUT2D eigenvalue weighted by Gasteiger charge is -2.65. The number of ether oxygens (including phenoxy) is 2. The van der Waals surface area contributed by atoms with E-state index >= 15 is 8.78 Å². The standard InChI is InChI=1S/C35H55BrF2N2O6S/c1-28(2)26-21(45-24(42)16-39-27(43)19(17-47)40-36)14-22-31(6)15-20(41)25(32(7)9-8-23(46-32)29(3,4)44)30(31,5)10-11-33(22)18-34(26,33)12-13-35(28,37)38/h19-23,25-26,40-41,44,47H,8-18H2,1-7H3,(H,39,43)/t19-,20-,21-,22-,23-,25-,26-,30+,31-,32-,33-,34+/m0/s1. The van der Waals surface area contributed by atoms with E-state index in [0.717, 1.165) is 25.7 Å². The Hall–Kier alpha value is -0.530. The summed E-state index contributed by atoms with van der Waals surface area (Å²) in [6, 6.07) is -0.654. The summed E-state index contributed by atoms with van der Waals surface area (Å²) in [5.41, 5.74) is -4.20. The molecule has 1 saturated heterocycles. The summed E-state index contributed by atoms with van der Waals surface area (Å²) in [4.78, 5) is 25.9. The van der Waals surface area contributed by atoms with Gasteiger partial charge in [0, 0.05) is 45.6 Å². The SMILES string of the molecule is CC(C)(O)[C@@H]1CC[C@@](C)([C@H]2[C@@H](O)C[C@@]3(C)[C@@H]4C[C@H](OC(=O)CNC(=O)[C@H](CS)NBr)[C@H]5C(C)(C)C(F)(F)CC[C@@]56C[C@@]46CC[C@]23C)O1. The van der Waals surface area contributed by atoms with Crippen molar-refractivity contribution in [2.45, 2.75) is 148 Å². The van der Waals surface area contributed by atoms with Crippen molar-refractivity contribution in [2.24, 2.45) is 44.8 Å². The largest absolute Gasteiger partial charge is 0.461 e. The lowest BCUT2D eigenvalue weighted by atomic mass is 9.41. The molecule has 4 N–H and O–H groups in total. The van der Waals surface area contributed by atoms with E-state index in [4.69, 9.17) is 9.47 Å². The van der Waals surface area contributed by atoms with Gasteiger partial charge in [-0.25, -0.2) is 13.1 Å². The number of thiol groups is 1. The van der Waals surface area contributed by atoms with Gasteiger partial charge in [-0.05, 0) is 99.7 Å². The normalized spacial score (nSPS) is 48.4. The molecule has 6 rings (SSSR count). The molecule has 6 fully saturated rings. The number of carbonyl (C=O) groups is 2. The number of carbonyl (C=O) groups excluding carboxylic acids is 2. The van der Waals surface area contributed by atoms with E-state index in [-0.39, 0.29) is 58.3 Å². The Morgan fingerprint density at radius 2 is 1.70 bits per heavy atom. The van der Waals surface area contributed by atoms with Gasteiger partial charge in [0.15, 0.2) is 0 Å². The quantitative estimate of drug-likeness (QED) is 0.125. The van der Waals surface area contributed by atoms with Gasteiger partial charge in [-0.3, -0.25) is 9.59 Å². The molecule has 0 radical (unpaired) electrons. The summed E-state index contributed by atoms with van der Waals surface area (Å²) in [7, 11) is 0. The first-order valence-corrected chi connectivity index (χ1v) is 18.9. The lowest BCUT2D eigenvalue weighted by molar-refractivity contribution is -0.251. The van der Waals surface area contributed by atoms with Gasteiger partial charge >= 0.3 is 5.97 Å². The van der Waals surface area contributed by atoms with Crippen molar-refractivity contribution >= 4 is 40.7 Å². The van der Waals surface area contributed by atoms with Crippen LogP contribution >= 0.6 is 28.8 Å². The minimum absolute atomic E-state index is 0.0563. The van der Waals surface area contributed by atoms with Gasteiger partial charge in [0.05, 0.1) is 23.4 Å². The third-order valence-electron chi connectivity index (χ3n) is 15.2. The highest BCUT2D eigenvalue weighted by molar-refractivity contribution is 9.08. The van der Waals surface area contributed by atoms with E-state index in [1.54, 1.807) is 27.7 Å². The van der Waals surface area contributed by atoms with Crippen molar-refractivity contribution in [2.75, 3.05) is 12.3 Å². The number of hydrogen-bond acceptors (Lipinski definition) is 8. The predicted octanol–water partition coefficient (Wildman–Crippen LogP) is 5.58. The highest BCUT2D eigenvalue weighted by Crippen LogP contribution is 2.90. The van der Waals surface area contributed by atoms with Crippen LogP contribution in [0.4, 0.5) is 8.78 Å². The molecule has 12 heteroatoms. The first kappa shape index (κ1) is 36.3.